The van der Waals surface area contributed by atoms with Crippen molar-refractivity contribution in [2.24, 2.45) is 5.73 Å². The minimum absolute atomic E-state index is 0.0504. The van der Waals surface area contributed by atoms with Gasteiger partial charge >= 0.3 is 12.2 Å². The summed E-state index contributed by atoms with van der Waals surface area (Å²) in [5.74, 6) is -2.62. The summed E-state index contributed by atoms with van der Waals surface area (Å²) in [5.41, 5.74) is 1.93. The summed E-state index contributed by atoms with van der Waals surface area (Å²) < 4.78 is 30.3. The number of primary amides is 1. The summed E-state index contributed by atoms with van der Waals surface area (Å²) in [6, 6.07) is 9.53. The van der Waals surface area contributed by atoms with Crippen LogP contribution in [0.25, 0.3) is 10.8 Å². The van der Waals surface area contributed by atoms with Crippen molar-refractivity contribution >= 4 is 46.3 Å². The normalized spacial score (nSPS) is 17.0. The molecule has 13 heteroatoms. The zero-order valence-corrected chi connectivity index (χ0v) is 26.2. The summed E-state index contributed by atoms with van der Waals surface area (Å²) in [4.78, 5) is 59.3. The van der Waals surface area contributed by atoms with Crippen LogP contribution in [0.1, 0.15) is 52.7 Å². The molecule has 2 heterocycles. The second-order valence-electron chi connectivity index (χ2n) is 12.7. The van der Waals surface area contributed by atoms with Crippen molar-refractivity contribution in [1.29, 1.82) is 0 Å². The number of benzene rings is 2. The number of ether oxygens (including phenoxy) is 3. The molecule has 4 amide bonds. The minimum atomic E-state index is -2.64. The first-order chi connectivity index (χ1) is 20.8. The van der Waals surface area contributed by atoms with Gasteiger partial charge in [-0.2, -0.15) is 4.90 Å². The molecule has 0 bridgehead atoms. The van der Waals surface area contributed by atoms with E-state index in [1.165, 1.54) is 53.6 Å². The van der Waals surface area contributed by atoms with Crippen LogP contribution in [-0.2, 0) is 29.4 Å². The van der Waals surface area contributed by atoms with Crippen LogP contribution < -0.4 is 15.5 Å². The Morgan fingerprint density at radius 1 is 1.02 bits per heavy atom. The van der Waals surface area contributed by atoms with Crippen molar-refractivity contribution in [2.75, 3.05) is 23.0 Å². The SMILES string of the molecule is Cc1cc(F)ccc1N1CCO[C@H](C(O)(C(N)=O)c2ccc3c(N(C(=O)OC(C)(C)C)C(=O)OC(C)(C)C)nccc3c2)C1=O. The molecule has 3 N–H and O–H groups in total. The lowest BCUT2D eigenvalue weighted by Gasteiger charge is -2.40. The number of carbonyl (C=O) groups excluding carboxylic acids is 4. The topological polar surface area (TPSA) is 162 Å². The Balaban J connectivity index is 1.80. The molecule has 2 aromatic carbocycles. The van der Waals surface area contributed by atoms with Gasteiger partial charge in [0.15, 0.2) is 11.9 Å². The second kappa shape index (κ2) is 12.1. The van der Waals surface area contributed by atoms with E-state index in [4.69, 9.17) is 19.9 Å². The van der Waals surface area contributed by atoms with Crippen LogP contribution in [0.3, 0.4) is 0 Å². The van der Waals surface area contributed by atoms with Gasteiger partial charge in [0, 0.05) is 23.8 Å². The number of hydrogen-bond acceptors (Lipinski definition) is 9. The average Bonchev–Trinajstić information content (AvgIpc) is 2.91. The molecule has 1 fully saturated rings. The number of fused-ring (bicyclic) bond motifs is 1. The average molecular weight is 625 g/mol. The maximum Gasteiger partial charge on any atom is 0.425 e. The van der Waals surface area contributed by atoms with E-state index in [0.29, 0.717) is 21.5 Å². The number of nitrogens with two attached hydrogens (primary N) is 1. The number of imide groups is 1. The molecule has 3 aromatic rings. The van der Waals surface area contributed by atoms with Gasteiger partial charge in [-0.3, -0.25) is 9.59 Å². The first-order valence-corrected chi connectivity index (χ1v) is 14.2. The molecule has 1 unspecified atom stereocenters. The van der Waals surface area contributed by atoms with Gasteiger partial charge in [0.25, 0.3) is 11.8 Å². The first kappa shape index (κ1) is 33.3. The first-order valence-electron chi connectivity index (χ1n) is 14.2. The van der Waals surface area contributed by atoms with E-state index >= 15 is 0 Å². The summed E-state index contributed by atoms with van der Waals surface area (Å²) >= 11 is 0. The molecule has 1 aromatic heterocycles. The number of aromatic nitrogens is 1. The number of aryl methyl sites for hydroxylation is 1. The molecule has 0 saturated carbocycles. The van der Waals surface area contributed by atoms with E-state index in [1.54, 1.807) is 48.5 Å². The van der Waals surface area contributed by atoms with Crippen LogP contribution >= 0.6 is 0 Å². The van der Waals surface area contributed by atoms with Gasteiger partial charge in [0.2, 0.25) is 5.60 Å². The van der Waals surface area contributed by atoms with Gasteiger partial charge in [0.05, 0.1) is 6.61 Å². The zero-order valence-electron chi connectivity index (χ0n) is 26.2. The monoisotopic (exact) mass is 624 g/mol. The van der Waals surface area contributed by atoms with Crippen molar-refractivity contribution in [3.63, 3.8) is 0 Å². The maximum absolute atomic E-state index is 13.8. The van der Waals surface area contributed by atoms with Gasteiger partial charge in [-0.1, -0.05) is 12.1 Å². The van der Waals surface area contributed by atoms with E-state index in [-0.39, 0.29) is 29.9 Å². The molecule has 0 aliphatic carbocycles. The Kier molecular flexibility index (Phi) is 8.91. The molecule has 0 radical (unpaired) electrons. The minimum Gasteiger partial charge on any atom is -0.443 e. The molecular formula is C32H37FN4O8. The van der Waals surface area contributed by atoms with E-state index in [1.807, 2.05) is 0 Å². The molecule has 1 saturated heterocycles. The third-order valence-corrected chi connectivity index (χ3v) is 6.84. The third kappa shape index (κ3) is 6.89. The fraction of sp³-hybridized carbons (Fsp3) is 0.406. The van der Waals surface area contributed by atoms with Crippen molar-refractivity contribution in [3.8, 4) is 0 Å². The summed E-state index contributed by atoms with van der Waals surface area (Å²) in [7, 11) is 0. The predicted octanol–water partition coefficient (Wildman–Crippen LogP) is 4.46. The van der Waals surface area contributed by atoms with Crippen molar-refractivity contribution in [2.45, 2.75) is 71.4 Å². The number of morpholine rings is 1. The standard InChI is InChI=1S/C32H37FN4O8/c1-18-16-21(33)9-11-23(18)36-14-15-43-24(26(36)38)32(42,27(34)39)20-8-10-22-19(17-20)12-13-35-25(22)37(28(40)44-30(2,3)4)29(41)45-31(5,6)7/h8-13,16-17,24,42H,14-15H2,1-7H3,(H2,34,39)/t24-,32?/m0/s1. The van der Waals surface area contributed by atoms with Crippen LogP contribution in [0.2, 0.25) is 0 Å². The van der Waals surface area contributed by atoms with E-state index in [2.05, 4.69) is 4.98 Å². The number of anilines is 2. The number of nitrogens with zero attached hydrogens (tertiary/aromatic N) is 3. The molecule has 12 nitrogen and oxygen atoms in total. The molecule has 2 atom stereocenters. The van der Waals surface area contributed by atoms with Crippen LogP contribution in [-0.4, -0.2) is 64.5 Å². The van der Waals surface area contributed by atoms with Gasteiger partial charge in [0.1, 0.15) is 17.0 Å². The molecular weight excluding hydrogens is 587 g/mol. The van der Waals surface area contributed by atoms with E-state index < -0.39 is 52.7 Å². The van der Waals surface area contributed by atoms with Crippen molar-refractivity contribution in [1.82, 2.24) is 4.98 Å². The van der Waals surface area contributed by atoms with Crippen molar-refractivity contribution in [3.05, 3.63) is 65.6 Å². The largest absolute Gasteiger partial charge is 0.443 e. The highest BCUT2D eigenvalue weighted by atomic mass is 19.1. The number of hydrogen-bond donors (Lipinski definition) is 2. The van der Waals surface area contributed by atoms with E-state index in [0.717, 1.165) is 0 Å². The molecule has 4 rings (SSSR count). The molecule has 0 spiro atoms. The van der Waals surface area contributed by atoms with E-state index in [9.17, 15) is 28.7 Å². The molecule has 240 valence electrons. The fourth-order valence-corrected chi connectivity index (χ4v) is 4.91. The zero-order chi connectivity index (χ0) is 33.5. The molecule has 1 aliphatic heterocycles. The Morgan fingerprint density at radius 3 is 2.20 bits per heavy atom. The number of rotatable bonds is 5. The Hall–Kier alpha value is -4.62. The highest BCUT2D eigenvalue weighted by Gasteiger charge is 2.52. The van der Waals surface area contributed by atoms with Gasteiger partial charge in [-0.05, 0) is 95.3 Å². The Bertz CT molecular complexity index is 1640. The number of amides is 4. The summed E-state index contributed by atoms with van der Waals surface area (Å²) in [6.45, 7) is 11.5. The number of carbonyl (C=O) groups is 4. The van der Waals surface area contributed by atoms with Crippen LogP contribution in [0, 0.1) is 12.7 Å². The fourth-order valence-electron chi connectivity index (χ4n) is 4.91. The number of halogens is 1. The number of pyridine rings is 1. The highest BCUT2D eigenvalue weighted by Crippen LogP contribution is 2.36. The lowest BCUT2D eigenvalue weighted by molar-refractivity contribution is -0.171. The second-order valence-corrected chi connectivity index (χ2v) is 12.7. The molecule has 1 aliphatic rings. The van der Waals surface area contributed by atoms with Gasteiger partial charge in [-0.25, -0.2) is 19.0 Å². The Labute approximate surface area is 259 Å². The third-order valence-electron chi connectivity index (χ3n) is 6.84. The van der Waals surface area contributed by atoms with Crippen molar-refractivity contribution < 1.29 is 42.9 Å². The predicted molar refractivity (Wildman–Crippen MR) is 163 cm³/mol. The van der Waals surface area contributed by atoms with Gasteiger partial charge < -0.3 is 30.0 Å². The van der Waals surface area contributed by atoms with Crippen LogP contribution in [0.4, 0.5) is 25.5 Å². The summed E-state index contributed by atoms with van der Waals surface area (Å²) in [6.07, 6.45) is -2.50. The van der Waals surface area contributed by atoms with Crippen LogP contribution in [0.15, 0.2) is 48.7 Å². The van der Waals surface area contributed by atoms with Crippen LogP contribution in [0.5, 0.6) is 0 Å². The van der Waals surface area contributed by atoms with Gasteiger partial charge in [-0.15, -0.1) is 0 Å². The smallest absolute Gasteiger partial charge is 0.425 e. The summed E-state index contributed by atoms with van der Waals surface area (Å²) in [5, 5.41) is 12.4. The Morgan fingerprint density at radius 2 is 1.64 bits per heavy atom. The lowest BCUT2D eigenvalue weighted by atomic mass is 9.84. The number of aliphatic hydroxyl groups is 1. The maximum atomic E-state index is 13.8. The molecule has 45 heavy (non-hydrogen) atoms. The lowest BCUT2D eigenvalue weighted by Crippen LogP contribution is -2.61. The quantitative estimate of drug-likeness (QED) is 0.417. The highest BCUT2D eigenvalue weighted by molar-refractivity contribution is 6.14.